The van der Waals surface area contributed by atoms with Gasteiger partial charge in [0.1, 0.15) is 6.04 Å². The highest BCUT2D eigenvalue weighted by Gasteiger charge is 2.31. The highest BCUT2D eigenvalue weighted by atomic mass is 16.7. The number of amides is 2. The zero-order valence-corrected chi connectivity index (χ0v) is 16.1. The lowest BCUT2D eigenvalue weighted by molar-refractivity contribution is -0.135. The monoisotopic (exact) mass is 380 g/mol. The molecule has 6 heteroatoms. The number of carbonyl (C=O) groups excluding carboxylic acids is 2. The van der Waals surface area contributed by atoms with Gasteiger partial charge < -0.3 is 19.7 Å². The van der Waals surface area contributed by atoms with Crippen molar-refractivity contribution < 1.29 is 19.1 Å². The van der Waals surface area contributed by atoms with E-state index in [2.05, 4.69) is 17.4 Å². The SMILES string of the molecule is CC(C)[C@@H](NC(=O)c1ccc2c(c1)OCO2)C(=O)N1CCc2ccccc2C1. The zero-order chi connectivity index (χ0) is 19.7. The van der Waals surface area contributed by atoms with Crippen molar-refractivity contribution in [2.24, 2.45) is 5.92 Å². The summed E-state index contributed by atoms with van der Waals surface area (Å²) in [5, 5.41) is 2.92. The first-order valence-electron chi connectivity index (χ1n) is 9.59. The molecule has 0 radical (unpaired) electrons. The molecule has 2 aliphatic heterocycles. The summed E-state index contributed by atoms with van der Waals surface area (Å²) in [5.74, 6) is 0.816. The summed E-state index contributed by atoms with van der Waals surface area (Å²) in [7, 11) is 0. The molecule has 0 aliphatic carbocycles. The van der Waals surface area contributed by atoms with Crippen molar-refractivity contribution in [2.75, 3.05) is 13.3 Å². The molecule has 1 atom stereocenters. The van der Waals surface area contributed by atoms with Gasteiger partial charge in [-0.3, -0.25) is 9.59 Å². The first-order chi connectivity index (χ1) is 13.5. The predicted molar refractivity (Wildman–Crippen MR) is 104 cm³/mol. The fourth-order valence-corrected chi connectivity index (χ4v) is 3.66. The Labute approximate surface area is 164 Å². The second-order valence-electron chi connectivity index (χ2n) is 7.54. The molecule has 2 aromatic rings. The highest BCUT2D eigenvalue weighted by molar-refractivity contribution is 5.98. The lowest BCUT2D eigenvalue weighted by Crippen LogP contribution is -2.52. The highest BCUT2D eigenvalue weighted by Crippen LogP contribution is 2.32. The third-order valence-electron chi connectivity index (χ3n) is 5.30. The molecule has 0 saturated carbocycles. The fourth-order valence-electron chi connectivity index (χ4n) is 3.66. The Hall–Kier alpha value is -3.02. The van der Waals surface area contributed by atoms with E-state index in [0.717, 1.165) is 6.42 Å². The van der Waals surface area contributed by atoms with Crippen molar-refractivity contribution in [1.82, 2.24) is 10.2 Å². The summed E-state index contributed by atoms with van der Waals surface area (Å²) in [6.07, 6.45) is 0.836. The van der Waals surface area contributed by atoms with Gasteiger partial charge in [0.15, 0.2) is 11.5 Å². The molecule has 2 aromatic carbocycles. The zero-order valence-electron chi connectivity index (χ0n) is 16.1. The lowest BCUT2D eigenvalue weighted by Gasteiger charge is -2.33. The quantitative estimate of drug-likeness (QED) is 0.886. The Bertz CT molecular complexity index is 909. The first kappa shape index (κ1) is 18.3. The molecule has 0 fully saturated rings. The van der Waals surface area contributed by atoms with E-state index in [1.807, 2.05) is 30.9 Å². The predicted octanol–water partition coefficient (Wildman–Crippen LogP) is 2.75. The number of hydrogen-bond acceptors (Lipinski definition) is 4. The van der Waals surface area contributed by atoms with Gasteiger partial charge in [-0.05, 0) is 41.7 Å². The normalized spacial score (nSPS) is 15.9. The Morgan fingerprint density at radius 3 is 2.57 bits per heavy atom. The molecule has 0 aromatic heterocycles. The van der Waals surface area contributed by atoms with Crippen LogP contribution in [-0.4, -0.2) is 36.1 Å². The largest absolute Gasteiger partial charge is 0.454 e. The van der Waals surface area contributed by atoms with Gasteiger partial charge in [-0.2, -0.15) is 0 Å². The number of hydrogen-bond donors (Lipinski definition) is 1. The minimum Gasteiger partial charge on any atom is -0.454 e. The molecule has 28 heavy (non-hydrogen) atoms. The van der Waals surface area contributed by atoms with Crippen molar-refractivity contribution in [1.29, 1.82) is 0 Å². The van der Waals surface area contributed by atoms with Crippen LogP contribution in [-0.2, 0) is 17.8 Å². The van der Waals surface area contributed by atoms with E-state index >= 15 is 0 Å². The number of benzene rings is 2. The minimum atomic E-state index is -0.580. The van der Waals surface area contributed by atoms with Crippen molar-refractivity contribution in [3.05, 3.63) is 59.2 Å². The van der Waals surface area contributed by atoms with Gasteiger partial charge in [0, 0.05) is 18.7 Å². The first-order valence-corrected chi connectivity index (χ1v) is 9.59. The van der Waals surface area contributed by atoms with Gasteiger partial charge >= 0.3 is 0 Å². The second kappa shape index (κ2) is 7.54. The van der Waals surface area contributed by atoms with Gasteiger partial charge in [-0.25, -0.2) is 0 Å². The third-order valence-corrected chi connectivity index (χ3v) is 5.30. The summed E-state index contributed by atoms with van der Waals surface area (Å²) < 4.78 is 10.6. The maximum Gasteiger partial charge on any atom is 0.252 e. The van der Waals surface area contributed by atoms with E-state index in [1.165, 1.54) is 11.1 Å². The van der Waals surface area contributed by atoms with Gasteiger partial charge in [-0.15, -0.1) is 0 Å². The number of nitrogens with zero attached hydrogens (tertiary/aromatic N) is 1. The van der Waals surface area contributed by atoms with Crippen LogP contribution in [0.1, 0.15) is 35.3 Å². The van der Waals surface area contributed by atoms with Crippen LogP contribution in [0.4, 0.5) is 0 Å². The lowest BCUT2D eigenvalue weighted by atomic mass is 9.97. The molecule has 0 saturated heterocycles. The van der Waals surface area contributed by atoms with E-state index in [4.69, 9.17) is 9.47 Å². The maximum absolute atomic E-state index is 13.2. The van der Waals surface area contributed by atoms with Crippen molar-refractivity contribution in [3.63, 3.8) is 0 Å². The summed E-state index contributed by atoms with van der Waals surface area (Å²) in [5.41, 5.74) is 2.91. The summed E-state index contributed by atoms with van der Waals surface area (Å²) >= 11 is 0. The maximum atomic E-state index is 13.2. The molecule has 2 amide bonds. The molecule has 2 aliphatic rings. The van der Waals surface area contributed by atoms with Crippen LogP contribution in [0, 0.1) is 5.92 Å². The molecule has 0 spiro atoms. The van der Waals surface area contributed by atoms with Crippen LogP contribution in [0.15, 0.2) is 42.5 Å². The van der Waals surface area contributed by atoms with E-state index in [-0.39, 0.29) is 24.5 Å². The molecular formula is C22H24N2O4. The number of fused-ring (bicyclic) bond motifs is 2. The summed E-state index contributed by atoms with van der Waals surface area (Å²) in [6.45, 7) is 5.29. The molecule has 2 heterocycles. The molecule has 4 rings (SSSR count). The number of carbonyl (C=O) groups is 2. The second-order valence-corrected chi connectivity index (χ2v) is 7.54. The van der Waals surface area contributed by atoms with Crippen molar-refractivity contribution >= 4 is 11.8 Å². The topological polar surface area (TPSA) is 67.9 Å². The van der Waals surface area contributed by atoms with Crippen LogP contribution >= 0.6 is 0 Å². The van der Waals surface area contributed by atoms with Crippen LogP contribution in [0.3, 0.4) is 0 Å². The van der Waals surface area contributed by atoms with Gasteiger partial charge in [0.2, 0.25) is 12.7 Å². The van der Waals surface area contributed by atoms with Gasteiger partial charge in [0.05, 0.1) is 0 Å². The molecule has 1 N–H and O–H groups in total. The Morgan fingerprint density at radius 2 is 1.79 bits per heavy atom. The molecule has 146 valence electrons. The molecule has 6 nitrogen and oxygen atoms in total. The Balaban J connectivity index is 1.48. The number of rotatable bonds is 4. The summed E-state index contributed by atoms with van der Waals surface area (Å²) in [4.78, 5) is 27.8. The average molecular weight is 380 g/mol. The molecular weight excluding hydrogens is 356 g/mol. The van der Waals surface area contributed by atoms with E-state index in [0.29, 0.717) is 30.2 Å². The standard InChI is InChI=1S/C22H24N2O4/c1-14(2)20(22(26)24-10-9-15-5-3-4-6-17(15)12-24)23-21(25)16-7-8-18-19(11-16)28-13-27-18/h3-8,11,14,20H,9-10,12-13H2,1-2H3,(H,23,25)/t20-/m1/s1. The van der Waals surface area contributed by atoms with Crippen LogP contribution in [0.5, 0.6) is 11.5 Å². The van der Waals surface area contributed by atoms with E-state index in [1.54, 1.807) is 18.2 Å². The van der Waals surface area contributed by atoms with Crippen LogP contribution < -0.4 is 14.8 Å². The van der Waals surface area contributed by atoms with Crippen LogP contribution in [0.2, 0.25) is 0 Å². The van der Waals surface area contributed by atoms with Crippen LogP contribution in [0.25, 0.3) is 0 Å². The van der Waals surface area contributed by atoms with Gasteiger partial charge in [-0.1, -0.05) is 38.1 Å². The Kier molecular flexibility index (Phi) is 4.94. The number of nitrogens with one attached hydrogen (secondary N) is 1. The Morgan fingerprint density at radius 1 is 1.04 bits per heavy atom. The van der Waals surface area contributed by atoms with E-state index in [9.17, 15) is 9.59 Å². The average Bonchev–Trinajstić information content (AvgIpc) is 3.18. The third kappa shape index (κ3) is 3.54. The van der Waals surface area contributed by atoms with Gasteiger partial charge in [0.25, 0.3) is 5.91 Å². The number of ether oxygens (including phenoxy) is 2. The fraction of sp³-hybridized carbons (Fsp3) is 0.364. The smallest absolute Gasteiger partial charge is 0.252 e. The minimum absolute atomic E-state index is 0.0253. The van der Waals surface area contributed by atoms with Crippen molar-refractivity contribution in [2.45, 2.75) is 32.9 Å². The van der Waals surface area contributed by atoms with Crippen molar-refractivity contribution in [3.8, 4) is 11.5 Å². The molecule has 0 bridgehead atoms. The molecule has 0 unspecified atom stereocenters. The summed E-state index contributed by atoms with van der Waals surface area (Å²) in [6, 6.07) is 12.7. The van der Waals surface area contributed by atoms with E-state index < -0.39 is 6.04 Å².